The zero-order valence-corrected chi connectivity index (χ0v) is 18.1. The molecule has 1 N–H and O–H groups in total. The Morgan fingerprint density at radius 3 is 2.48 bits per heavy atom. The van der Waals surface area contributed by atoms with Crippen molar-refractivity contribution < 1.29 is 23.6 Å². The summed E-state index contributed by atoms with van der Waals surface area (Å²) in [6.45, 7) is 7.08. The second-order valence-corrected chi connectivity index (χ2v) is 8.21. The molecule has 0 fully saturated rings. The monoisotopic (exact) mass is 438 g/mol. The van der Waals surface area contributed by atoms with Gasteiger partial charge in [-0.05, 0) is 63.6 Å². The molecule has 0 aliphatic carbocycles. The summed E-state index contributed by atoms with van der Waals surface area (Å²) < 4.78 is 25.2. The van der Waals surface area contributed by atoms with Crippen LogP contribution in [0.3, 0.4) is 0 Å². The molecule has 158 valence electrons. The predicted octanol–water partition coefficient (Wildman–Crippen LogP) is 6.33. The van der Waals surface area contributed by atoms with Crippen LogP contribution in [0.4, 0.5) is 4.39 Å². The minimum Gasteiger partial charge on any atom is -0.477 e. The van der Waals surface area contributed by atoms with Crippen molar-refractivity contribution in [3.63, 3.8) is 0 Å². The van der Waals surface area contributed by atoms with E-state index in [1.807, 2.05) is 13.0 Å². The Labute approximate surface area is 181 Å². The zero-order valence-electron chi connectivity index (χ0n) is 17.3. The van der Waals surface area contributed by atoms with Crippen LogP contribution in [0.5, 0.6) is 11.5 Å². The van der Waals surface area contributed by atoms with E-state index in [9.17, 15) is 14.3 Å². The van der Waals surface area contributed by atoms with E-state index in [1.165, 1.54) is 12.1 Å². The molecule has 0 amide bonds. The molecule has 2 aromatic carbocycles. The van der Waals surface area contributed by atoms with Gasteiger partial charge >= 0.3 is 5.97 Å². The highest BCUT2D eigenvalue weighted by molar-refractivity contribution is 7.17. The van der Waals surface area contributed by atoms with Crippen LogP contribution in [0.25, 0.3) is 21.7 Å². The van der Waals surface area contributed by atoms with E-state index in [-0.39, 0.29) is 10.7 Å². The maximum Gasteiger partial charge on any atom is 0.347 e. The van der Waals surface area contributed by atoms with Gasteiger partial charge in [0.25, 0.3) is 0 Å². The van der Waals surface area contributed by atoms with Crippen molar-refractivity contribution in [2.45, 2.75) is 27.7 Å². The van der Waals surface area contributed by atoms with E-state index in [4.69, 9.17) is 9.26 Å². The van der Waals surface area contributed by atoms with Gasteiger partial charge in [0.2, 0.25) is 0 Å². The highest BCUT2D eigenvalue weighted by Gasteiger charge is 2.20. The second kappa shape index (κ2) is 7.96. The van der Waals surface area contributed by atoms with E-state index in [0.717, 1.165) is 28.0 Å². The molecule has 0 aliphatic heterocycles. The number of rotatable bonds is 5. The third-order valence-electron chi connectivity index (χ3n) is 4.76. The van der Waals surface area contributed by atoms with E-state index < -0.39 is 5.97 Å². The number of ether oxygens (including phenoxy) is 1. The normalized spacial score (nSPS) is 11.0. The summed E-state index contributed by atoms with van der Waals surface area (Å²) in [5, 5.41) is 14.0. The van der Waals surface area contributed by atoms with Gasteiger partial charge in [-0.25, -0.2) is 14.2 Å². The summed E-state index contributed by atoms with van der Waals surface area (Å²) in [6.07, 6.45) is 0. The summed E-state index contributed by atoms with van der Waals surface area (Å²) in [7, 11) is 0. The lowest BCUT2D eigenvalue weighted by Crippen LogP contribution is -1.94. The molecule has 2 heterocycles. The first-order valence-electron chi connectivity index (χ1n) is 9.46. The van der Waals surface area contributed by atoms with Gasteiger partial charge in [-0.3, -0.25) is 0 Å². The Hall–Kier alpha value is -3.52. The largest absolute Gasteiger partial charge is 0.477 e. The van der Waals surface area contributed by atoms with Gasteiger partial charge in [0.15, 0.2) is 0 Å². The Morgan fingerprint density at radius 1 is 1.10 bits per heavy atom. The Kier molecular flexibility index (Phi) is 5.32. The fourth-order valence-electron chi connectivity index (χ4n) is 3.42. The summed E-state index contributed by atoms with van der Waals surface area (Å²) in [4.78, 5) is 16.0. The summed E-state index contributed by atoms with van der Waals surface area (Å²) in [6, 6.07) is 9.91. The quantitative estimate of drug-likeness (QED) is 0.392. The number of hydrogen-bond donors (Lipinski definition) is 1. The Balaban J connectivity index is 1.86. The number of hydrogen-bond acceptors (Lipinski definition) is 6. The molecular weight excluding hydrogens is 419 g/mol. The lowest BCUT2D eigenvalue weighted by atomic mass is 10.0. The van der Waals surface area contributed by atoms with Crippen LogP contribution in [-0.2, 0) is 0 Å². The number of aromatic carboxylic acids is 1. The molecule has 4 aromatic rings. The molecule has 4 rings (SSSR count). The zero-order chi connectivity index (χ0) is 22.3. The molecule has 31 heavy (non-hydrogen) atoms. The Morgan fingerprint density at radius 2 is 1.87 bits per heavy atom. The van der Waals surface area contributed by atoms with Gasteiger partial charge in [0, 0.05) is 17.2 Å². The molecule has 0 spiro atoms. The average molecular weight is 438 g/mol. The number of aromatic nitrogens is 2. The third-order valence-corrected chi connectivity index (χ3v) is 5.96. The SMILES string of the molecule is Cc1cc(F)cc(Oc2ccc(-c3nc(C)c(C(=O)O)s3)cc2-c2c(C)noc2C)c1. The van der Waals surface area contributed by atoms with E-state index in [1.54, 1.807) is 39.0 Å². The molecule has 2 aromatic heterocycles. The first-order valence-corrected chi connectivity index (χ1v) is 10.3. The summed E-state index contributed by atoms with van der Waals surface area (Å²) in [5.41, 5.74) is 4.07. The number of carboxylic acid groups (broad SMARTS) is 1. The van der Waals surface area contributed by atoms with E-state index in [0.29, 0.717) is 39.2 Å². The van der Waals surface area contributed by atoms with Gasteiger partial charge in [-0.1, -0.05) is 5.16 Å². The van der Waals surface area contributed by atoms with Crippen LogP contribution >= 0.6 is 11.3 Å². The van der Waals surface area contributed by atoms with Gasteiger partial charge in [-0.2, -0.15) is 0 Å². The molecule has 8 heteroatoms. The van der Waals surface area contributed by atoms with Crippen LogP contribution in [0.1, 0.15) is 32.4 Å². The van der Waals surface area contributed by atoms with Crippen LogP contribution in [-0.4, -0.2) is 21.2 Å². The number of carboxylic acids is 1. The van der Waals surface area contributed by atoms with Crippen molar-refractivity contribution in [3.8, 4) is 33.2 Å². The smallest absolute Gasteiger partial charge is 0.347 e. The molecule has 0 saturated heterocycles. The van der Waals surface area contributed by atoms with Gasteiger partial charge in [-0.15, -0.1) is 11.3 Å². The average Bonchev–Trinajstić information content (AvgIpc) is 3.24. The van der Waals surface area contributed by atoms with Crippen molar-refractivity contribution in [3.05, 3.63) is 69.8 Å². The third kappa shape index (κ3) is 4.06. The van der Waals surface area contributed by atoms with Crippen LogP contribution < -0.4 is 4.74 Å². The van der Waals surface area contributed by atoms with Crippen molar-refractivity contribution >= 4 is 17.3 Å². The first-order chi connectivity index (χ1) is 14.7. The molecule has 0 unspecified atom stereocenters. The van der Waals surface area contributed by atoms with Gasteiger partial charge in [0.1, 0.15) is 33.0 Å². The maximum atomic E-state index is 13.9. The number of aryl methyl sites for hydroxylation is 4. The highest BCUT2D eigenvalue weighted by Crippen LogP contribution is 2.40. The summed E-state index contributed by atoms with van der Waals surface area (Å²) >= 11 is 1.11. The van der Waals surface area contributed by atoms with Gasteiger partial charge in [0.05, 0.1) is 17.0 Å². The number of benzene rings is 2. The fourth-order valence-corrected chi connectivity index (χ4v) is 4.32. The van der Waals surface area contributed by atoms with Crippen molar-refractivity contribution in [2.24, 2.45) is 0 Å². The standard InChI is InChI=1S/C23H19FN2O4S/c1-11-7-16(24)10-17(8-11)29-19-6-5-15(22-25-13(3)21(31-22)23(27)28)9-18(19)20-12(2)26-30-14(20)4/h5-10H,1-4H3,(H,27,28). The molecule has 6 nitrogen and oxygen atoms in total. The van der Waals surface area contributed by atoms with Crippen molar-refractivity contribution in [1.29, 1.82) is 0 Å². The van der Waals surface area contributed by atoms with Crippen LogP contribution in [0.2, 0.25) is 0 Å². The summed E-state index contributed by atoms with van der Waals surface area (Å²) in [5.74, 6) is 0.0847. The molecule has 0 radical (unpaired) electrons. The van der Waals surface area contributed by atoms with Crippen LogP contribution in [0.15, 0.2) is 40.9 Å². The fraction of sp³-hybridized carbons (Fsp3) is 0.174. The van der Waals surface area contributed by atoms with E-state index >= 15 is 0 Å². The van der Waals surface area contributed by atoms with Gasteiger partial charge < -0.3 is 14.4 Å². The Bertz CT molecular complexity index is 1270. The lowest BCUT2D eigenvalue weighted by molar-refractivity contribution is 0.0701. The molecule has 0 bridgehead atoms. The number of nitrogens with zero attached hydrogens (tertiary/aromatic N) is 2. The van der Waals surface area contributed by atoms with Crippen molar-refractivity contribution in [1.82, 2.24) is 10.1 Å². The predicted molar refractivity (Wildman–Crippen MR) is 115 cm³/mol. The molecule has 0 atom stereocenters. The number of thiazole rings is 1. The lowest BCUT2D eigenvalue weighted by Gasteiger charge is -2.13. The second-order valence-electron chi connectivity index (χ2n) is 7.22. The van der Waals surface area contributed by atoms with Crippen molar-refractivity contribution in [2.75, 3.05) is 0 Å². The first kappa shape index (κ1) is 20.7. The number of halogens is 1. The molecule has 0 saturated carbocycles. The molecular formula is C23H19FN2O4S. The van der Waals surface area contributed by atoms with Crippen LogP contribution in [0, 0.1) is 33.5 Å². The molecule has 0 aliphatic rings. The minimum atomic E-state index is -1.01. The highest BCUT2D eigenvalue weighted by atomic mass is 32.1. The number of carbonyl (C=O) groups is 1. The topological polar surface area (TPSA) is 85.5 Å². The minimum absolute atomic E-state index is 0.199. The maximum absolute atomic E-state index is 13.9. The van der Waals surface area contributed by atoms with E-state index in [2.05, 4.69) is 10.1 Å².